The highest BCUT2D eigenvalue weighted by atomic mass is 16.7. The highest BCUT2D eigenvalue weighted by Crippen LogP contribution is 2.35. The summed E-state index contributed by atoms with van der Waals surface area (Å²) in [5, 5.41) is 6.43. The van der Waals surface area contributed by atoms with E-state index in [9.17, 15) is 14.4 Å². The molecular formula is C21H27N3O6. The van der Waals surface area contributed by atoms with E-state index in [0.717, 1.165) is 0 Å². The van der Waals surface area contributed by atoms with Crippen LogP contribution in [-0.2, 0) is 19.2 Å². The smallest absolute Gasteiger partial charge is 0.325 e. The number of nitrogens with zero attached hydrogens (tertiary/aromatic N) is 2. The number of piperidine rings is 1. The molecule has 162 valence electrons. The van der Waals surface area contributed by atoms with Crippen molar-refractivity contribution in [1.82, 2.24) is 10.2 Å². The molecule has 2 aliphatic rings. The predicted octanol–water partition coefficient (Wildman–Crippen LogP) is 1.52. The van der Waals surface area contributed by atoms with Gasteiger partial charge in [0.1, 0.15) is 23.6 Å². The predicted molar refractivity (Wildman–Crippen MR) is 108 cm³/mol. The highest BCUT2D eigenvalue weighted by molar-refractivity contribution is 6.39. The third kappa shape index (κ3) is 4.90. The molecule has 0 saturated carbocycles. The van der Waals surface area contributed by atoms with Crippen molar-refractivity contribution in [2.45, 2.75) is 38.7 Å². The molecule has 2 amide bonds. The number of likely N-dealkylation sites (tertiary alicyclic amines) is 1. The summed E-state index contributed by atoms with van der Waals surface area (Å²) in [5.41, 5.74) is 0.200. The number of ether oxygens (including phenoxy) is 2. The van der Waals surface area contributed by atoms with E-state index in [1.807, 2.05) is 19.1 Å². The summed E-state index contributed by atoms with van der Waals surface area (Å²) in [6.45, 7) is 5.10. The van der Waals surface area contributed by atoms with Crippen LogP contribution in [0.2, 0.25) is 0 Å². The Morgan fingerprint density at radius 1 is 1.17 bits per heavy atom. The number of para-hydroxylation sites is 1. The highest BCUT2D eigenvalue weighted by Gasteiger charge is 2.44. The molecule has 2 heterocycles. The first-order valence-electron chi connectivity index (χ1n) is 10.2. The second kappa shape index (κ2) is 9.60. The van der Waals surface area contributed by atoms with E-state index in [1.165, 1.54) is 0 Å². The maximum atomic E-state index is 12.9. The monoisotopic (exact) mass is 417 g/mol. The summed E-state index contributed by atoms with van der Waals surface area (Å²) in [6, 6.07) is 7.21. The van der Waals surface area contributed by atoms with Crippen molar-refractivity contribution in [3.63, 3.8) is 0 Å². The summed E-state index contributed by atoms with van der Waals surface area (Å²) in [6.07, 6.45) is 1.47. The summed E-state index contributed by atoms with van der Waals surface area (Å²) in [4.78, 5) is 43.9. The molecule has 0 atom stereocenters. The fourth-order valence-corrected chi connectivity index (χ4v) is 3.59. The van der Waals surface area contributed by atoms with Crippen molar-refractivity contribution in [2.75, 3.05) is 32.8 Å². The zero-order chi connectivity index (χ0) is 21.6. The molecule has 1 N–H and O–H groups in total. The lowest BCUT2D eigenvalue weighted by Crippen LogP contribution is -2.47. The second-order valence-electron chi connectivity index (χ2n) is 7.20. The summed E-state index contributed by atoms with van der Waals surface area (Å²) < 4.78 is 10.4. The van der Waals surface area contributed by atoms with Gasteiger partial charge in [-0.3, -0.25) is 14.4 Å². The van der Waals surface area contributed by atoms with E-state index in [2.05, 4.69) is 10.5 Å². The Hall–Kier alpha value is -3.10. The first kappa shape index (κ1) is 21.6. The van der Waals surface area contributed by atoms with Gasteiger partial charge in [0.2, 0.25) is 0 Å². The van der Waals surface area contributed by atoms with E-state index in [0.29, 0.717) is 50.3 Å². The number of hydrogen-bond donors (Lipinski definition) is 1. The van der Waals surface area contributed by atoms with Crippen LogP contribution in [-0.4, -0.2) is 66.8 Å². The average molecular weight is 417 g/mol. The van der Waals surface area contributed by atoms with Crippen LogP contribution in [0.5, 0.6) is 5.75 Å². The molecule has 0 aliphatic carbocycles. The van der Waals surface area contributed by atoms with Gasteiger partial charge in [0.05, 0.1) is 18.8 Å². The van der Waals surface area contributed by atoms with Gasteiger partial charge in [-0.25, -0.2) is 0 Å². The van der Waals surface area contributed by atoms with Crippen LogP contribution in [0, 0.1) is 0 Å². The fourth-order valence-electron chi connectivity index (χ4n) is 3.59. The number of esters is 1. The normalized spacial score (nSPS) is 17.1. The van der Waals surface area contributed by atoms with Gasteiger partial charge in [-0.15, -0.1) is 0 Å². The molecule has 1 saturated heterocycles. The van der Waals surface area contributed by atoms with Crippen molar-refractivity contribution in [3.8, 4) is 5.75 Å². The number of benzene rings is 1. The molecule has 0 bridgehead atoms. The Labute approximate surface area is 175 Å². The van der Waals surface area contributed by atoms with Crippen LogP contribution in [0.4, 0.5) is 0 Å². The molecule has 1 fully saturated rings. The van der Waals surface area contributed by atoms with Crippen LogP contribution in [0.1, 0.15) is 43.5 Å². The summed E-state index contributed by atoms with van der Waals surface area (Å²) in [7, 11) is 0. The molecule has 0 aromatic heterocycles. The van der Waals surface area contributed by atoms with Crippen LogP contribution in [0.25, 0.3) is 0 Å². The molecule has 2 aliphatic heterocycles. The van der Waals surface area contributed by atoms with Gasteiger partial charge in [-0.1, -0.05) is 17.3 Å². The lowest BCUT2D eigenvalue weighted by molar-refractivity contribution is -0.142. The van der Waals surface area contributed by atoms with Crippen LogP contribution < -0.4 is 10.1 Å². The van der Waals surface area contributed by atoms with E-state index in [4.69, 9.17) is 14.3 Å². The van der Waals surface area contributed by atoms with Gasteiger partial charge in [0.15, 0.2) is 0 Å². The van der Waals surface area contributed by atoms with E-state index >= 15 is 0 Å². The zero-order valence-electron chi connectivity index (χ0n) is 17.3. The molecule has 0 radical (unpaired) electrons. The quantitative estimate of drug-likeness (QED) is 0.674. The van der Waals surface area contributed by atoms with E-state index in [1.54, 1.807) is 24.0 Å². The number of hydrogen-bond acceptors (Lipinski definition) is 7. The molecule has 9 heteroatoms. The van der Waals surface area contributed by atoms with Gasteiger partial charge < -0.3 is 24.5 Å². The molecule has 9 nitrogen and oxygen atoms in total. The third-order valence-corrected chi connectivity index (χ3v) is 5.18. The number of nitrogens with one attached hydrogen (secondary N) is 1. The zero-order valence-corrected chi connectivity index (χ0v) is 17.3. The Kier molecular flexibility index (Phi) is 6.91. The fraction of sp³-hybridized carbons (Fsp3) is 0.524. The van der Waals surface area contributed by atoms with Gasteiger partial charge in [-0.2, -0.15) is 0 Å². The SMILES string of the molecule is CCOC(=O)CNC(=O)C1=NOC2(CCN(C(=O)c3ccccc3OCC)CC2)C1. The molecule has 3 rings (SSSR count). The first-order chi connectivity index (χ1) is 14.5. The number of amides is 2. The van der Waals surface area contributed by atoms with Crippen molar-refractivity contribution < 1.29 is 28.7 Å². The maximum absolute atomic E-state index is 12.9. The number of carbonyl (C=O) groups is 3. The van der Waals surface area contributed by atoms with Crippen molar-refractivity contribution in [2.24, 2.45) is 5.16 Å². The minimum atomic E-state index is -0.590. The number of oxime groups is 1. The molecule has 30 heavy (non-hydrogen) atoms. The summed E-state index contributed by atoms with van der Waals surface area (Å²) in [5.74, 6) is -0.449. The topological polar surface area (TPSA) is 107 Å². The average Bonchev–Trinajstić information content (AvgIpc) is 3.16. The Bertz CT molecular complexity index is 830. The minimum absolute atomic E-state index is 0.0831. The third-order valence-electron chi connectivity index (χ3n) is 5.18. The molecule has 0 unspecified atom stereocenters. The van der Waals surface area contributed by atoms with E-state index in [-0.39, 0.29) is 24.8 Å². The van der Waals surface area contributed by atoms with Gasteiger partial charge in [-0.05, 0) is 26.0 Å². The van der Waals surface area contributed by atoms with Crippen LogP contribution in [0.3, 0.4) is 0 Å². The Morgan fingerprint density at radius 2 is 1.90 bits per heavy atom. The van der Waals surface area contributed by atoms with Crippen molar-refractivity contribution in [3.05, 3.63) is 29.8 Å². The van der Waals surface area contributed by atoms with E-state index < -0.39 is 17.5 Å². The van der Waals surface area contributed by atoms with Crippen molar-refractivity contribution in [1.29, 1.82) is 0 Å². The maximum Gasteiger partial charge on any atom is 0.325 e. The van der Waals surface area contributed by atoms with Gasteiger partial charge in [0.25, 0.3) is 11.8 Å². The molecule has 1 aromatic rings. The lowest BCUT2D eigenvalue weighted by Gasteiger charge is -2.37. The molecular weight excluding hydrogens is 390 g/mol. The van der Waals surface area contributed by atoms with Crippen LogP contribution in [0.15, 0.2) is 29.4 Å². The minimum Gasteiger partial charge on any atom is -0.493 e. The largest absolute Gasteiger partial charge is 0.493 e. The molecule has 1 spiro atoms. The Morgan fingerprint density at radius 3 is 2.60 bits per heavy atom. The van der Waals surface area contributed by atoms with Crippen molar-refractivity contribution >= 4 is 23.5 Å². The Balaban J connectivity index is 1.53. The molecule has 1 aromatic carbocycles. The number of rotatable bonds is 7. The number of carbonyl (C=O) groups excluding carboxylic acids is 3. The van der Waals surface area contributed by atoms with Crippen LogP contribution >= 0.6 is 0 Å². The lowest BCUT2D eigenvalue weighted by atomic mass is 9.86. The standard InChI is InChI=1S/C21H27N3O6/c1-3-28-17-8-6-5-7-15(17)20(27)24-11-9-21(10-12-24)13-16(23-30-21)19(26)22-14-18(25)29-4-2/h5-8H,3-4,9-14H2,1-2H3,(H,22,26). The summed E-state index contributed by atoms with van der Waals surface area (Å²) >= 11 is 0. The second-order valence-corrected chi connectivity index (χ2v) is 7.20. The van der Waals surface area contributed by atoms with Gasteiger partial charge >= 0.3 is 5.97 Å². The first-order valence-corrected chi connectivity index (χ1v) is 10.2. The van der Waals surface area contributed by atoms with Gasteiger partial charge in [0, 0.05) is 32.4 Å².